The van der Waals surface area contributed by atoms with Gasteiger partial charge in [-0.25, -0.2) is 0 Å². The summed E-state index contributed by atoms with van der Waals surface area (Å²) in [5, 5.41) is 11.8. The number of hydrogen-bond donors (Lipinski definition) is 0. The highest BCUT2D eigenvalue weighted by Gasteiger charge is 2.37. The van der Waals surface area contributed by atoms with Crippen molar-refractivity contribution >= 4 is 22.5 Å². The van der Waals surface area contributed by atoms with Crippen molar-refractivity contribution in [3.8, 4) is 16.9 Å². The maximum atomic E-state index is 13.9. The Morgan fingerprint density at radius 2 is 1.64 bits per heavy atom. The van der Waals surface area contributed by atoms with E-state index < -0.39 is 57.5 Å². The van der Waals surface area contributed by atoms with Gasteiger partial charge in [-0.3, -0.25) is 19.7 Å². The SMILES string of the molecule is CN(Cc1cc(C(F)(F)F)cc(C(F)(F)F)c1)C(=O)c1c(-c2cccc([N+](=O)[O-])c2)c2cccc3c2n(c1=O)CCO3. The van der Waals surface area contributed by atoms with E-state index in [1.54, 1.807) is 18.2 Å². The van der Waals surface area contributed by atoms with Crippen molar-refractivity contribution in [3.05, 3.63) is 103 Å². The number of nitrogens with zero attached hydrogens (tertiary/aromatic N) is 3. The molecule has 1 aliphatic rings. The number of amides is 1. The molecule has 0 aliphatic carbocycles. The molecule has 0 unspecified atom stereocenters. The van der Waals surface area contributed by atoms with Crippen molar-refractivity contribution < 1.29 is 40.8 Å². The molecule has 1 amide bonds. The fraction of sp³-hybridized carbons (Fsp3) is 0.214. The number of carbonyl (C=O) groups is 1. The highest BCUT2D eigenvalue weighted by atomic mass is 19.4. The molecule has 0 saturated heterocycles. The summed E-state index contributed by atoms with van der Waals surface area (Å²) in [7, 11) is 1.13. The van der Waals surface area contributed by atoms with Crippen LogP contribution >= 0.6 is 0 Å². The molecular weight excluding hydrogens is 572 g/mol. The van der Waals surface area contributed by atoms with Gasteiger partial charge in [-0.15, -0.1) is 0 Å². The van der Waals surface area contributed by atoms with Crippen LogP contribution in [0, 0.1) is 10.1 Å². The second-order valence-electron chi connectivity index (χ2n) is 9.59. The Hall–Kier alpha value is -4.88. The fourth-order valence-electron chi connectivity index (χ4n) is 4.98. The van der Waals surface area contributed by atoms with Crippen molar-refractivity contribution in [2.45, 2.75) is 25.4 Å². The van der Waals surface area contributed by atoms with Crippen molar-refractivity contribution in [2.75, 3.05) is 13.7 Å². The highest BCUT2D eigenvalue weighted by molar-refractivity contribution is 6.10. The van der Waals surface area contributed by atoms with E-state index >= 15 is 0 Å². The van der Waals surface area contributed by atoms with Gasteiger partial charge in [0.2, 0.25) is 0 Å². The summed E-state index contributed by atoms with van der Waals surface area (Å²) in [6.07, 6.45) is -10.2. The number of benzene rings is 3. The molecule has 2 heterocycles. The molecule has 0 saturated carbocycles. The molecular formula is C28H19F6N3O5. The molecule has 218 valence electrons. The molecule has 1 aliphatic heterocycles. The first-order valence-electron chi connectivity index (χ1n) is 12.3. The van der Waals surface area contributed by atoms with Gasteiger partial charge in [0.25, 0.3) is 17.2 Å². The molecule has 5 rings (SSSR count). The van der Waals surface area contributed by atoms with Crippen LogP contribution in [0.25, 0.3) is 22.0 Å². The Morgan fingerprint density at radius 3 is 2.26 bits per heavy atom. The number of alkyl halides is 6. The van der Waals surface area contributed by atoms with Gasteiger partial charge in [0.15, 0.2) is 0 Å². The van der Waals surface area contributed by atoms with Crippen molar-refractivity contribution in [2.24, 2.45) is 0 Å². The zero-order chi connectivity index (χ0) is 30.6. The van der Waals surface area contributed by atoms with Crippen LogP contribution in [0.4, 0.5) is 32.0 Å². The fourth-order valence-corrected chi connectivity index (χ4v) is 4.98. The average molecular weight is 591 g/mol. The van der Waals surface area contributed by atoms with Gasteiger partial charge in [0.1, 0.15) is 17.9 Å². The number of nitro benzene ring substituents is 1. The number of rotatable bonds is 5. The lowest BCUT2D eigenvalue weighted by atomic mass is 9.94. The summed E-state index contributed by atoms with van der Waals surface area (Å²) in [4.78, 5) is 39.3. The zero-order valence-corrected chi connectivity index (χ0v) is 21.5. The standard InChI is InChI=1S/C28H19F6N3O5/c1-35(14-15-10-17(27(29,30)31)13-18(11-15)28(32,33)34)25(38)23-22(16-4-2-5-19(12-16)37(40)41)20-6-3-7-21-24(20)36(26(23)39)8-9-42-21/h2-7,10-13H,8-9,14H2,1H3. The molecule has 4 aromatic rings. The third-order valence-electron chi connectivity index (χ3n) is 6.79. The van der Waals surface area contributed by atoms with Crippen LogP contribution in [-0.4, -0.2) is 34.0 Å². The molecule has 1 aromatic heterocycles. The van der Waals surface area contributed by atoms with Gasteiger partial charge < -0.3 is 14.2 Å². The smallest absolute Gasteiger partial charge is 0.416 e. The van der Waals surface area contributed by atoms with Crippen molar-refractivity contribution in [3.63, 3.8) is 0 Å². The molecule has 0 radical (unpaired) electrons. The third kappa shape index (κ3) is 5.15. The van der Waals surface area contributed by atoms with Crippen LogP contribution < -0.4 is 10.3 Å². The van der Waals surface area contributed by atoms with Gasteiger partial charge >= 0.3 is 12.4 Å². The number of nitro groups is 1. The van der Waals surface area contributed by atoms with Crippen LogP contribution in [0.3, 0.4) is 0 Å². The number of halogens is 6. The van der Waals surface area contributed by atoms with E-state index in [-0.39, 0.29) is 36.0 Å². The van der Waals surface area contributed by atoms with Crippen molar-refractivity contribution in [1.82, 2.24) is 9.47 Å². The first-order valence-corrected chi connectivity index (χ1v) is 12.3. The predicted octanol–water partition coefficient (Wildman–Crippen LogP) is 6.28. The zero-order valence-electron chi connectivity index (χ0n) is 21.5. The molecule has 0 fully saturated rings. The Balaban J connectivity index is 1.69. The van der Waals surface area contributed by atoms with Gasteiger partial charge in [-0.1, -0.05) is 24.3 Å². The molecule has 8 nitrogen and oxygen atoms in total. The van der Waals surface area contributed by atoms with E-state index in [0.717, 1.165) is 18.0 Å². The third-order valence-corrected chi connectivity index (χ3v) is 6.79. The number of ether oxygens (including phenoxy) is 1. The van der Waals surface area contributed by atoms with E-state index in [4.69, 9.17) is 4.74 Å². The topological polar surface area (TPSA) is 94.7 Å². The Kier molecular flexibility index (Phi) is 6.95. The molecule has 0 spiro atoms. The number of pyridine rings is 1. The summed E-state index contributed by atoms with van der Waals surface area (Å²) >= 11 is 0. The van der Waals surface area contributed by atoms with Gasteiger partial charge in [0, 0.05) is 36.7 Å². The molecule has 3 aromatic carbocycles. The maximum Gasteiger partial charge on any atom is 0.416 e. The monoisotopic (exact) mass is 591 g/mol. The van der Waals surface area contributed by atoms with Gasteiger partial charge in [-0.2, -0.15) is 26.3 Å². The number of non-ortho nitro benzene ring substituents is 1. The van der Waals surface area contributed by atoms with Crippen LogP contribution in [0.2, 0.25) is 0 Å². The maximum absolute atomic E-state index is 13.9. The van der Waals surface area contributed by atoms with Crippen LogP contribution in [-0.2, 0) is 25.4 Å². The lowest BCUT2D eigenvalue weighted by Gasteiger charge is -2.25. The number of para-hydroxylation sites is 1. The van der Waals surface area contributed by atoms with Crippen LogP contribution in [0.1, 0.15) is 27.0 Å². The largest absolute Gasteiger partial charge is 0.490 e. The summed E-state index contributed by atoms with van der Waals surface area (Å²) < 4.78 is 87.4. The first-order chi connectivity index (χ1) is 19.7. The van der Waals surface area contributed by atoms with Crippen LogP contribution in [0.15, 0.2) is 65.5 Å². The average Bonchev–Trinajstić information content (AvgIpc) is 2.93. The lowest BCUT2D eigenvalue weighted by Crippen LogP contribution is -2.37. The van der Waals surface area contributed by atoms with Gasteiger partial charge in [0.05, 0.1) is 28.1 Å². The normalized spacial score (nSPS) is 13.1. The number of aromatic nitrogens is 1. The summed E-state index contributed by atoms with van der Waals surface area (Å²) in [6, 6.07) is 10.9. The summed E-state index contributed by atoms with van der Waals surface area (Å²) in [5.41, 5.74) is -4.67. The second-order valence-corrected chi connectivity index (χ2v) is 9.59. The second kappa shape index (κ2) is 10.2. The first kappa shape index (κ1) is 28.6. The molecule has 0 atom stereocenters. The lowest BCUT2D eigenvalue weighted by molar-refractivity contribution is -0.384. The summed E-state index contributed by atoms with van der Waals surface area (Å²) in [5.74, 6) is -0.673. The highest BCUT2D eigenvalue weighted by Crippen LogP contribution is 2.39. The van der Waals surface area contributed by atoms with E-state index in [9.17, 15) is 46.0 Å². The molecule has 0 N–H and O–H groups in total. The molecule has 42 heavy (non-hydrogen) atoms. The Bertz CT molecular complexity index is 1780. The van der Waals surface area contributed by atoms with Gasteiger partial charge in [-0.05, 0) is 35.4 Å². The number of carbonyl (C=O) groups excluding carboxylic acids is 1. The van der Waals surface area contributed by atoms with E-state index in [0.29, 0.717) is 28.8 Å². The van der Waals surface area contributed by atoms with Crippen LogP contribution in [0.5, 0.6) is 5.75 Å². The van der Waals surface area contributed by atoms with E-state index in [1.807, 2.05) is 0 Å². The van der Waals surface area contributed by atoms with Crippen molar-refractivity contribution in [1.29, 1.82) is 0 Å². The number of hydrogen-bond acceptors (Lipinski definition) is 5. The Morgan fingerprint density at radius 1 is 1.00 bits per heavy atom. The summed E-state index contributed by atoms with van der Waals surface area (Å²) in [6.45, 7) is -0.564. The van der Waals surface area contributed by atoms with E-state index in [1.165, 1.54) is 22.8 Å². The minimum atomic E-state index is -5.09. The van der Waals surface area contributed by atoms with E-state index in [2.05, 4.69) is 0 Å². The Labute approximate surface area is 232 Å². The quantitative estimate of drug-likeness (QED) is 0.155. The predicted molar refractivity (Wildman–Crippen MR) is 138 cm³/mol. The molecule has 14 heteroatoms. The minimum absolute atomic E-state index is 0.0131. The minimum Gasteiger partial charge on any atom is -0.490 e. The molecule has 0 bridgehead atoms.